The number of hydrogen-bond acceptors (Lipinski definition) is 2. The predicted molar refractivity (Wildman–Crippen MR) is 71.7 cm³/mol. The van der Waals surface area contributed by atoms with Crippen LogP contribution < -0.4 is 0 Å². The van der Waals surface area contributed by atoms with Crippen LogP contribution in [0.2, 0.25) is 0 Å². The molecule has 1 saturated carbocycles. The number of aromatic amines is 1. The third-order valence-corrected chi connectivity index (χ3v) is 5.72. The minimum atomic E-state index is -3.17. The average Bonchev–Trinajstić information content (AvgIpc) is 3.12. The van der Waals surface area contributed by atoms with Crippen LogP contribution in [0, 0.1) is 5.82 Å². The predicted octanol–water partition coefficient (Wildman–Crippen LogP) is 2.23. The highest BCUT2D eigenvalue weighted by atomic mass is 32.2. The first-order valence-corrected chi connectivity index (χ1v) is 7.69. The Kier molecular flexibility index (Phi) is 2.87. The molecule has 1 aliphatic rings. The van der Waals surface area contributed by atoms with E-state index in [4.69, 9.17) is 0 Å². The number of sulfonamides is 1. The van der Waals surface area contributed by atoms with Crippen molar-refractivity contribution in [3.05, 3.63) is 35.8 Å². The molecule has 3 rings (SSSR count). The molecule has 4 nitrogen and oxygen atoms in total. The molecule has 1 N–H and O–H groups in total. The molecule has 102 valence electrons. The topological polar surface area (TPSA) is 53.2 Å². The Balaban J connectivity index is 1.85. The first-order valence-electron chi connectivity index (χ1n) is 6.19. The molecule has 6 heteroatoms. The molecule has 0 saturated heterocycles. The maximum atomic E-state index is 13.1. The van der Waals surface area contributed by atoms with Gasteiger partial charge < -0.3 is 4.98 Å². The van der Waals surface area contributed by atoms with Crippen LogP contribution in [-0.4, -0.2) is 30.0 Å². The van der Waals surface area contributed by atoms with E-state index in [0.29, 0.717) is 0 Å². The van der Waals surface area contributed by atoms with Gasteiger partial charge in [-0.1, -0.05) is 0 Å². The fourth-order valence-electron chi connectivity index (χ4n) is 2.20. The summed E-state index contributed by atoms with van der Waals surface area (Å²) in [5.74, 6) is -0.294. The molecule has 0 spiro atoms. The van der Waals surface area contributed by atoms with Crippen molar-refractivity contribution in [1.82, 2.24) is 9.29 Å². The van der Waals surface area contributed by atoms with Gasteiger partial charge in [-0.25, -0.2) is 12.8 Å². The summed E-state index contributed by atoms with van der Waals surface area (Å²) in [7, 11) is -1.59. The van der Waals surface area contributed by atoms with Gasteiger partial charge in [0.2, 0.25) is 10.0 Å². The Morgan fingerprint density at radius 3 is 2.79 bits per heavy atom. The monoisotopic (exact) mass is 282 g/mol. The SMILES string of the molecule is CN(Cc1cc2cc(F)ccc2[nH]1)S(=O)(=O)C1CC1. The van der Waals surface area contributed by atoms with Gasteiger partial charge in [-0.2, -0.15) is 4.31 Å². The number of benzene rings is 1. The van der Waals surface area contributed by atoms with Gasteiger partial charge in [0.25, 0.3) is 0 Å². The summed E-state index contributed by atoms with van der Waals surface area (Å²) in [6.07, 6.45) is 1.51. The summed E-state index contributed by atoms with van der Waals surface area (Å²) in [5, 5.41) is 0.548. The number of nitrogens with one attached hydrogen (secondary N) is 1. The van der Waals surface area contributed by atoms with Gasteiger partial charge in [0.15, 0.2) is 0 Å². The standard InChI is InChI=1S/C13H15FN2O2S/c1-16(19(17,18)12-3-4-12)8-11-7-9-6-10(14)2-5-13(9)15-11/h2,5-7,12,15H,3-4,8H2,1H3. The summed E-state index contributed by atoms with van der Waals surface area (Å²) < 4.78 is 38.5. The lowest BCUT2D eigenvalue weighted by Gasteiger charge is -2.15. The van der Waals surface area contributed by atoms with Crippen LogP contribution in [0.15, 0.2) is 24.3 Å². The van der Waals surface area contributed by atoms with E-state index < -0.39 is 10.0 Å². The Morgan fingerprint density at radius 1 is 1.37 bits per heavy atom. The molecule has 1 aromatic heterocycles. The normalized spacial score (nSPS) is 16.4. The first kappa shape index (κ1) is 12.6. The van der Waals surface area contributed by atoms with E-state index in [0.717, 1.165) is 29.4 Å². The van der Waals surface area contributed by atoms with Crippen molar-refractivity contribution in [2.45, 2.75) is 24.6 Å². The Labute approximate surface area is 111 Å². The van der Waals surface area contributed by atoms with Gasteiger partial charge >= 0.3 is 0 Å². The summed E-state index contributed by atoms with van der Waals surface area (Å²) in [6, 6.07) is 6.26. The molecule has 1 aliphatic carbocycles. The number of hydrogen-bond donors (Lipinski definition) is 1. The number of H-pyrrole nitrogens is 1. The van der Waals surface area contributed by atoms with Crippen molar-refractivity contribution in [3.63, 3.8) is 0 Å². The Bertz CT molecular complexity index is 719. The second-order valence-electron chi connectivity index (χ2n) is 5.03. The smallest absolute Gasteiger partial charge is 0.217 e. The maximum absolute atomic E-state index is 13.1. The minimum absolute atomic E-state index is 0.209. The third kappa shape index (κ3) is 2.37. The molecule has 0 amide bonds. The largest absolute Gasteiger partial charge is 0.357 e. The van der Waals surface area contributed by atoms with Gasteiger partial charge in [0.05, 0.1) is 11.8 Å². The molecule has 1 fully saturated rings. The van der Waals surface area contributed by atoms with Gasteiger partial charge in [-0.3, -0.25) is 0 Å². The van der Waals surface area contributed by atoms with E-state index >= 15 is 0 Å². The minimum Gasteiger partial charge on any atom is -0.357 e. The molecule has 19 heavy (non-hydrogen) atoms. The van der Waals surface area contributed by atoms with Crippen molar-refractivity contribution >= 4 is 20.9 Å². The zero-order chi connectivity index (χ0) is 13.6. The van der Waals surface area contributed by atoms with Crippen LogP contribution in [-0.2, 0) is 16.6 Å². The van der Waals surface area contributed by atoms with Crippen molar-refractivity contribution in [3.8, 4) is 0 Å². The lowest BCUT2D eigenvalue weighted by molar-refractivity contribution is 0.462. The zero-order valence-electron chi connectivity index (χ0n) is 10.6. The van der Waals surface area contributed by atoms with Crippen molar-refractivity contribution < 1.29 is 12.8 Å². The van der Waals surface area contributed by atoms with E-state index in [9.17, 15) is 12.8 Å². The summed E-state index contributed by atoms with van der Waals surface area (Å²) in [6.45, 7) is 0.287. The van der Waals surface area contributed by atoms with Gasteiger partial charge in [-0.05, 0) is 37.1 Å². The van der Waals surface area contributed by atoms with E-state index in [-0.39, 0.29) is 17.6 Å². The highest BCUT2D eigenvalue weighted by molar-refractivity contribution is 7.90. The molecule has 0 unspecified atom stereocenters. The van der Waals surface area contributed by atoms with Crippen molar-refractivity contribution in [2.75, 3.05) is 7.05 Å². The van der Waals surface area contributed by atoms with Crippen LogP contribution >= 0.6 is 0 Å². The quantitative estimate of drug-likeness (QED) is 0.935. The summed E-state index contributed by atoms with van der Waals surface area (Å²) >= 11 is 0. The molecule has 1 aromatic carbocycles. The second-order valence-corrected chi connectivity index (χ2v) is 7.35. The first-order chi connectivity index (χ1) is 8.96. The van der Waals surface area contributed by atoms with Gasteiger partial charge in [0.1, 0.15) is 5.82 Å². The molecule has 0 bridgehead atoms. The Morgan fingerprint density at radius 2 is 2.11 bits per heavy atom. The zero-order valence-corrected chi connectivity index (χ0v) is 11.4. The highest BCUT2D eigenvalue weighted by Crippen LogP contribution is 2.31. The second kappa shape index (κ2) is 4.31. The van der Waals surface area contributed by atoms with E-state index in [1.165, 1.54) is 16.4 Å². The van der Waals surface area contributed by atoms with Crippen LogP contribution in [0.4, 0.5) is 4.39 Å². The van der Waals surface area contributed by atoms with Crippen LogP contribution in [0.3, 0.4) is 0 Å². The van der Waals surface area contributed by atoms with E-state index in [2.05, 4.69) is 4.98 Å². The number of halogens is 1. The molecule has 0 radical (unpaired) electrons. The fraction of sp³-hybridized carbons (Fsp3) is 0.385. The van der Waals surface area contributed by atoms with E-state index in [1.807, 2.05) is 0 Å². The van der Waals surface area contributed by atoms with Crippen molar-refractivity contribution in [1.29, 1.82) is 0 Å². The van der Waals surface area contributed by atoms with Gasteiger partial charge in [-0.15, -0.1) is 0 Å². The summed E-state index contributed by atoms with van der Waals surface area (Å²) in [5.41, 5.74) is 1.58. The fourth-order valence-corrected chi connectivity index (χ4v) is 3.76. The molecule has 2 aromatic rings. The molecule has 0 aliphatic heterocycles. The molecule has 0 atom stereocenters. The van der Waals surface area contributed by atoms with Crippen molar-refractivity contribution in [2.24, 2.45) is 0 Å². The maximum Gasteiger partial charge on any atom is 0.217 e. The van der Waals surface area contributed by atoms with E-state index in [1.54, 1.807) is 19.2 Å². The number of aromatic nitrogens is 1. The summed E-state index contributed by atoms with van der Waals surface area (Å²) in [4.78, 5) is 3.11. The number of rotatable bonds is 4. The molecule has 1 heterocycles. The number of fused-ring (bicyclic) bond motifs is 1. The third-order valence-electron chi connectivity index (χ3n) is 3.41. The Hall–Kier alpha value is -1.40. The molecular weight excluding hydrogens is 267 g/mol. The van der Waals surface area contributed by atoms with Crippen LogP contribution in [0.25, 0.3) is 10.9 Å². The lowest BCUT2D eigenvalue weighted by atomic mass is 10.2. The van der Waals surface area contributed by atoms with Crippen LogP contribution in [0.5, 0.6) is 0 Å². The highest BCUT2D eigenvalue weighted by Gasteiger charge is 2.38. The van der Waals surface area contributed by atoms with Crippen LogP contribution in [0.1, 0.15) is 18.5 Å². The van der Waals surface area contributed by atoms with Gasteiger partial charge in [0, 0.05) is 23.6 Å². The number of nitrogens with zero attached hydrogens (tertiary/aromatic N) is 1. The average molecular weight is 282 g/mol. The molecular formula is C13H15FN2O2S. The lowest BCUT2D eigenvalue weighted by Crippen LogP contribution is -2.29.